The van der Waals surface area contributed by atoms with E-state index in [0.717, 1.165) is 31.6 Å². The lowest BCUT2D eigenvalue weighted by Crippen LogP contribution is -2.06. The van der Waals surface area contributed by atoms with E-state index in [1.165, 1.54) is 18.4 Å². The van der Waals surface area contributed by atoms with Crippen LogP contribution in [0.4, 0.5) is 0 Å². The molecule has 1 aromatic rings. The molecule has 0 unspecified atom stereocenters. The summed E-state index contributed by atoms with van der Waals surface area (Å²) in [6.07, 6.45) is 7.03. The van der Waals surface area contributed by atoms with Gasteiger partial charge in [0, 0.05) is 6.42 Å². The number of esters is 1. The predicted octanol–water partition coefficient (Wildman–Crippen LogP) is 4.77. The summed E-state index contributed by atoms with van der Waals surface area (Å²) in [6.45, 7) is 5.02. The fraction of sp³-hybridized carbons (Fsp3) is 0.611. The van der Waals surface area contributed by atoms with Crippen molar-refractivity contribution in [2.75, 3.05) is 6.61 Å². The molecule has 2 heteroatoms. The van der Waals surface area contributed by atoms with Crippen molar-refractivity contribution in [3.05, 3.63) is 35.9 Å². The Hall–Kier alpha value is -1.31. The van der Waals surface area contributed by atoms with E-state index in [1.54, 1.807) is 0 Å². The van der Waals surface area contributed by atoms with E-state index >= 15 is 0 Å². The number of hydrogen-bond acceptors (Lipinski definition) is 2. The quantitative estimate of drug-likeness (QED) is 0.454. The Morgan fingerprint density at radius 2 is 1.80 bits per heavy atom. The van der Waals surface area contributed by atoms with Crippen molar-refractivity contribution in [2.24, 2.45) is 5.92 Å². The van der Waals surface area contributed by atoms with Crippen LogP contribution >= 0.6 is 0 Å². The maximum Gasteiger partial charge on any atom is 0.305 e. The summed E-state index contributed by atoms with van der Waals surface area (Å²) in [6, 6.07) is 10.3. The molecule has 112 valence electrons. The van der Waals surface area contributed by atoms with Gasteiger partial charge in [-0.2, -0.15) is 0 Å². The average Bonchev–Trinajstić information content (AvgIpc) is 2.44. The highest BCUT2D eigenvalue weighted by Gasteiger charge is 2.03. The van der Waals surface area contributed by atoms with E-state index in [0.29, 0.717) is 13.0 Å². The van der Waals surface area contributed by atoms with Crippen LogP contribution in [0.25, 0.3) is 0 Å². The number of unbranched alkanes of at least 4 members (excludes halogenated alkanes) is 2. The second-order valence-electron chi connectivity index (χ2n) is 5.80. The number of ether oxygens (including phenoxy) is 1. The van der Waals surface area contributed by atoms with E-state index in [-0.39, 0.29) is 5.97 Å². The molecule has 1 aromatic carbocycles. The van der Waals surface area contributed by atoms with Gasteiger partial charge in [-0.3, -0.25) is 4.79 Å². The number of rotatable bonds is 10. The topological polar surface area (TPSA) is 26.3 Å². The minimum absolute atomic E-state index is 0.0393. The molecule has 0 amide bonds. The SMILES string of the molecule is CC(C)CCCCCC(=O)OCCCc1ccccc1. The molecule has 20 heavy (non-hydrogen) atoms. The first-order chi connectivity index (χ1) is 9.68. The van der Waals surface area contributed by atoms with Gasteiger partial charge >= 0.3 is 5.97 Å². The van der Waals surface area contributed by atoms with Crippen molar-refractivity contribution in [1.29, 1.82) is 0 Å². The van der Waals surface area contributed by atoms with Crippen molar-refractivity contribution >= 4 is 5.97 Å². The van der Waals surface area contributed by atoms with Crippen molar-refractivity contribution < 1.29 is 9.53 Å². The molecule has 0 heterocycles. The number of benzene rings is 1. The molecule has 0 saturated heterocycles. The molecule has 0 saturated carbocycles. The molecule has 1 rings (SSSR count). The van der Waals surface area contributed by atoms with Gasteiger partial charge in [0.15, 0.2) is 0 Å². The molecule has 0 spiro atoms. The van der Waals surface area contributed by atoms with Crippen LogP contribution in [0.2, 0.25) is 0 Å². The Labute approximate surface area is 123 Å². The minimum Gasteiger partial charge on any atom is -0.466 e. The summed E-state index contributed by atoms with van der Waals surface area (Å²) in [5, 5.41) is 0. The third-order valence-electron chi connectivity index (χ3n) is 3.38. The Bertz CT molecular complexity index is 357. The van der Waals surface area contributed by atoms with Crippen LogP contribution in [0.1, 0.15) is 57.9 Å². The van der Waals surface area contributed by atoms with E-state index < -0.39 is 0 Å². The van der Waals surface area contributed by atoms with E-state index in [4.69, 9.17) is 4.74 Å². The summed E-state index contributed by atoms with van der Waals surface area (Å²) in [5.41, 5.74) is 1.30. The highest BCUT2D eigenvalue weighted by atomic mass is 16.5. The minimum atomic E-state index is -0.0393. The van der Waals surface area contributed by atoms with Crippen LogP contribution in [0, 0.1) is 5.92 Å². The lowest BCUT2D eigenvalue weighted by atomic mass is 10.0. The number of carbonyl (C=O) groups is 1. The van der Waals surface area contributed by atoms with Gasteiger partial charge in [-0.25, -0.2) is 0 Å². The molecule has 0 aromatic heterocycles. The maximum absolute atomic E-state index is 11.5. The molecule has 2 nitrogen and oxygen atoms in total. The molecule has 0 radical (unpaired) electrons. The smallest absolute Gasteiger partial charge is 0.305 e. The normalized spacial score (nSPS) is 10.8. The molecule has 0 aliphatic rings. The molecule has 0 bridgehead atoms. The molecule has 0 fully saturated rings. The zero-order chi connectivity index (χ0) is 14.6. The predicted molar refractivity (Wildman–Crippen MR) is 83.6 cm³/mol. The lowest BCUT2D eigenvalue weighted by Gasteiger charge is -2.06. The third-order valence-corrected chi connectivity index (χ3v) is 3.38. The van der Waals surface area contributed by atoms with Crippen LogP contribution in [0.5, 0.6) is 0 Å². The van der Waals surface area contributed by atoms with Crippen LogP contribution in [-0.4, -0.2) is 12.6 Å². The zero-order valence-corrected chi connectivity index (χ0v) is 12.9. The highest BCUT2D eigenvalue weighted by Crippen LogP contribution is 2.10. The van der Waals surface area contributed by atoms with Crippen molar-refractivity contribution in [2.45, 2.75) is 58.8 Å². The second-order valence-corrected chi connectivity index (χ2v) is 5.80. The van der Waals surface area contributed by atoms with Gasteiger partial charge < -0.3 is 4.74 Å². The van der Waals surface area contributed by atoms with Gasteiger partial charge in [-0.05, 0) is 30.7 Å². The largest absolute Gasteiger partial charge is 0.466 e. The first-order valence-corrected chi connectivity index (χ1v) is 7.88. The first kappa shape index (κ1) is 16.7. The van der Waals surface area contributed by atoms with Crippen LogP contribution in [0.15, 0.2) is 30.3 Å². The standard InChI is InChI=1S/C18H28O2/c1-16(2)10-5-3-8-14-18(19)20-15-9-13-17-11-6-4-7-12-17/h4,6-7,11-12,16H,3,5,8-10,13-15H2,1-2H3. The Balaban J connectivity index is 1.95. The van der Waals surface area contributed by atoms with Crippen LogP contribution in [-0.2, 0) is 16.0 Å². The Kier molecular flexibility index (Phi) is 8.77. The van der Waals surface area contributed by atoms with Crippen LogP contribution < -0.4 is 0 Å². The van der Waals surface area contributed by atoms with Crippen molar-refractivity contribution in [3.8, 4) is 0 Å². The van der Waals surface area contributed by atoms with Gasteiger partial charge in [0.05, 0.1) is 6.61 Å². The number of aryl methyl sites for hydroxylation is 1. The number of hydrogen-bond donors (Lipinski definition) is 0. The summed E-state index contributed by atoms with van der Waals surface area (Å²) < 4.78 is 5.25. The third kappa shape index (κ3) is 8.73. The maximum atomic E-state index is 11.5. The molecular formula is C18H28O2. The summed E-state index contributed by atoms with van der Waals surface area (Å²) in [7, 11) is 0. The van der Waals surface area contributed by atoms with E-state index in [2.05, 4.69) is 26.0 Å². The van der Waals surface area contributed by atoms with Crippen molar-refractivity contribution in [3.63, 3.8) is 0 Å². The first-order valence-electron chi connectivity index (χ1n) is 7.88. The van der Waals surface area contributed by atoms with E-state index in [9.17, 15) is 4.79 Å². The molecular weight excluding hydrogens is 248 g/mol. The van der Waals surface area contributed by atoms with Crippen LogP contribution in [0.3, 0.4) is 0 Å². The summed E-state index contributed by atoms with van der Waals surface area (Å²) in [5.74, 6) is 0.725. The number of carbonyl (C=O) groups excluding carboxylic acids is 1. The van der Waals surface area contributed by atoms with Gasteiger partial charge in [0.1, 0.15) is 0 Å². The molecule has 0 atom stereocenters. The summed E-state index contributed by atoms with van der Waals surface area (Å²) in [4.78, 5) is 11.5. The highest BCUT2D eigenvalue weighted by molar-refractivity contribution is 5.69. The monoisotopic (exact) mass is 276 g/mol. The fourth-order valence-corrected chi connectivity index (χ4v) is 2.18. The van der Waals surface area contributed by atoms with Gasteiger partial charge in [-0.1, -0.05) is 63.4 Å². The fourth-order valence-electron chi connectivity index (χ4n) is 2.18. The lowest BCUT2D eigenvalue weighted by molar-refractivity contribution is -0.143. The van der Waals surface area contributed by atoms with Gasteiger partial charge in [-0.15, -0.1) is 0 Å². The Morgan fingerprint density at radius 3 is 2.50 bits per heavy atom. The van der Waals surface area contributed by atoms with E-state index in [1.807, 2.05) is 18.2 Å². The Morgan fingerprint density at radius 1 is 1.05 bits per heavy atom. The molecule has 0 aliphatic heterocycles. The van der Waals surface area contributed by atoms with Gasteiger partial charge in [0.2, 0.25) is 0 Å². The van der Waals surface area contributed by atoms with Gasteiger partial charge in [0.25, 0.3) is 0 Å². The second kappa shape index (κ2) is 10.5. The molecule has 0 N–H and O–H groups in total. The van der Waals surface area contributed by atoms with Crippen molar-refractivity contribution in [1.82, 2.24) is 0 Å². The zero-order valence-electron chi connectivity index (χ0n) is 12.9. The summed E-state index contributed by atoms with van der Waals surface area (Å²) >= 11 is 0. The molecule has 0 aliphatic carbocycles. The average molecular weight is 276 g/mol.